The first-order chi connectivity index (χ1) is 22.8. The molecule has 7 aromatic carbocycles. The quantitative estimate of drug-likeness (QED) is 0.184. The monoisotopic (exact) mass is 602 g/mol. The maximum absolute atomic E-state index is 5.40. The van der Waals surface area contributed by atoms with Gasteiger partial charge in [-0.05, 0) is 46.8 Å². The van der Waals surface area contributed by atoms with Crippen LogP contribution in [0.25, 0.3) is 91.7 Å². The molecule has 0 saturated carbocycles. The van der Waals surface area contributed by atoms with Gasteiger partial charge in [-0.3, -0.25) is 0 Å². The van der Waals surface area contributed by atoms with Crippen LogP contribution < -0.4 is 0 Å². The van der Waals surface area contributed by atoms with E-state index in [1.54, 1.807) is 0 Å². The van der Waals surface area contributed by atoms with Crippen LogP contribution >= 0.6 is 11.3 Å². The van der Waals surface area contributed by atoms with Crippen LogP contribution in [0.3, 0.4) is 0 Å². The van der Waals surface area contributed by atoms with Gasteiger partial charge in [0.05, 0.1) is 22.2 Å². The molecule has 10 aromatic rings. The fourth-order valence-electron chi connectivity index (χ4n) is 7.33. The minimum absolute atomic E-state index is 1.01. The van der Waals surface area contributed by atoms with E-state index in [-0.39, 0.29) is 0 Å². The number of nitrogens with zero attached hydrogens (tertiary/aromatic N) is 2. The lowest BCUT2D eigenvalue weighted by Crippen LogP contribution is -1.97. The van der Waals surface area contributed by atoms with E-state index in [9.17, 15) is 0 Å². The Morgan fingerprint density at radius 1 is 0.457 bits per heavy atom. The second-order valence-corrected chi connectivity index (χ2v) is 13.0. The van der Waals surface area contributed by atoms with Crippen molar-refractivity contribution in [3.63, 3.8) is 0 Å². The number of aromatic nitrogens is 2. The smallest absolute Gasteiger partial charge is 0.0809 e. The average Bonchev–Trinajstić information content (AvgIpc) is 3.68. The number of para-hydroxylation sites is 3. The van der Waals surface area contributed by atoms with Crippen molar-refractivity contribution in [2.45, 2.75) is 0 Å². The van der Waals surface area contributed by atoms with E-state index in [1.165, 1.54) is 69.3 Å². The molecule has 0 spiro atoms. The molecule has 0 unspecified atom stereocenters. The Labute approximate surface area is 269 Å². The summed E-state index contributed by atoms with van der Waals surface area (Å²) >= 11 is 1.87. The number of rotatable bonds is 3. The third-order valence-electron chi connectivity index (χ3n) is 9.39. The maximum Gasteiger partial charge on any atom is 0.0809 e. The molecule has 46 heavy (non-hydrogen) atoms. The molecule has 0 fully saturated rings. The first-order valence-electron chi connectivity index (χ1n) is 15.6. The maximum atomic E-state index is 5.40. The fourth-order valence-corrected chi connectivity index (χ4v) is 8.57. The zero-order valence-corrected chi connectivity index (χ0v) is 25.6. The van der Waals surface area contributed by atoms with Gasteiger partial charge in [0.2, 0.25) is 0 Å². The molecule has 2 nitrogen and oxygen atoms in total. The Kier molecular flexibility index (Phi) is 5.48. The SMILES string of the molecule is c1ccc(-n2c3ccccc3c3ccc4c5ccccc5nc(-c5ccc(-c6cccc7c6sc6ccccc67)cc5)c4c32)cc1. The largest absolute Gasteiger partial charge is 0.309 e. The van der Waals surface area contributed by atoms with Gasteiger partial charge in [0, 0.05) is 53.0 Å². The summed E-state index contributed by atoms with van der Waals surface area (Å²) in [4.78, 5) is 5.40. The van der Waals surface area contributed by atoms with Crippen LogP contribution in [0.5, 0.6) is 0 Å². The molecule has 10 rings (SSSR count). The average molecular weight is 603 g/mol. The Morgan fingerprint density at radius 2 is 1.13 bits per heavy atom. The minimum Gasteiger partial charge on any atom is -0.309 e. The van der Waals surface area contributed by atoms with E-state index >= 15 is 0 Å². The molecule has 0 aliphatic carbocycles. The van der Waals surface area contributed by atoms with Gasteiger partial charge in [-0.15, -0.1) is 11.3 Å². The predicted octanol–water partition coefficient (Wildman–Crippen LogP) is 12.2. The van der Waals surface area contributed by atoms with Gasteiger partial charge in [0.1, 0.15) is 0 Å². The molecule has 214 valence electrons. The summed E-state index contributed by atoms with van der Waals surface area (Å²) in [6.07, 6.45) is 0. The highest BCUT2D eigenvalue weighted by Gasteiger charge is 2.20. The van der Waals surface area contributed by atoms with Crippen LogP contribution in [0.2, 0.25) is 0 Å². The lowest BCUT2D eigenvalue weighted by Gasteiger charge is -2.15. The third-order valence-corrected chi connectivity index (χ3v) is 10.6. The van der Waals surface area contributed by atoms with E-state index in [1.807, 2.05) is 11.3 Å². The molecule has 3 aromatic heterocycles. The van der Waals surface area contributed by atoms with Crippen LogP contribution in [0.4, 0.5) is 0 Å². The molecule has 0 aliphatic rings. The van der Waals surface area contributed by atoms with Crippen molar-refractivity contribution >= 4 is 75.0 Å². The van der Waals surface area contributed by atoms with E-state index < -0.39 is 0 Å². The molecule has 0 saturated heterocycles. The van der Waals surface area contributed by atoms with Crippen molar-refractivity contribution < 1.29 is 0 Å². The third kappa shape index (κ3) is 3.67. The lowest BCUT2D eigenvalue weighted by atomic mass is 9.96. The first-order valence-corrected chi connectivity index (χ1v) is 16.5. The highest BCUT2D eigenvalue weighted by atomic mass is 32.1. The number of benzene rings is 7. The Bertz CT molecular complexity index is 2790. The van der Waals surface area contributed by atoms with Crippen molar-refractivity contribution in [1.82, 2.24) is 9.55 Å². The van der Waals surface area contributed by atoms with E-state index in [4.69, 9.17) is 4.98 Å². The summed E-state index contributed by atoms with van der Waals surface area (Å²) in [6.45, 7) is 0. The standard InChI is InChI=1S/C43H26N2S/c1-2-11-29(12-3-1)45-38-19-8-5-14-32(38)35-26-25-34-31-13-4-7-18-37(31)44-41(40(34)42(35)45)28-23-21-27(22-24-28)30-16-10-17-36-33-15-6-9-20-39(33)46-43(30)36/h1-26H. The summed E-state index contributed by atoms with van der Waals surface area (Å²) in [7, 11) is 0. The number of hydrogen-bond acceptors (Lipinski definition) is 2. The zero-order chi connectivity index (χ0) is 30.2. The number of pyridine rings is 1. The Balaban J connectivity index is 1.27. The molecule has 3 heterocycles. The first kappa shape index (κ1) is 25.5. The normalized spacial score (nSPS) is 11.9. The van der Waals surface area contributed by atoms with E-state index in [0.717, 1.165) is 22.5 Å². The summed E-state index contributed by atoms with van der Waals surface area (Å²) < 4.78 is 5.08. The second-order valence-electron chi connectivity index (χ2n) is 11.9. The van der Waals surface area contributed by atoms with Crippen LogP contribution in [-0.4, -0.2) is 9.55 Å². The van der Waals surface area contributed by atoms with Gasteiger partial charge >= 0.3 is 0 Å². The Morgan fingerprint density at radius 3 is 2.00 bits per heavy atom. The Hall–Kier alpha value is -5.77. The second kappa shape index (κ2) is 9.87. The van der Waals surface area contributed by atoms with Gasteiger partial charge in [-0.2, -0.15) is 0 Å². The van der Waals surface area contributed by atoms with Gasteiger partial charge < -0.3 is 4.57 Å². The highest BCUT2D eigenvalue weighted by Crippen LogP contribution is 2.43. The van der Waals surface area contributed by atoms with Gasteiger partial charge in [-0.25, -0.2) is 4.98 Å². The minimum atomic E-state index is 1.01. The van der Waals surface area contributed by atoms with Crippen molar-refractivity contribution in [2.24, 2.45) is 0 Å². The number of thiophene rings is 1. The fraction of sp³-hybridized carbons (Fsp3) is 0. The summed E-state index contributed by atoms with van der Waals surface area (Å²) in [5.41, 5.74) is 9.14. The van der Waals surface area contributed by atoms with Crippen molar-refractivity contribution in [1.29, 1.82) is 0 Å². The zero-order valence-electron chi connectivity index (χ0n) is 24.8. The van der Waals surface area contributed by atoms with Crippen molar-refractivity contribution in [3.8, 4) is 28.1 Å². The molecule has 0 N–H and O–H groups in total. The molecule has 3 heteroatoms. The molecule has 0 aliphatic heterocycles. The molecular formula is C43H26N2S. The number of hydrogen-bond donors (Lipinski definition) is 0. The molecule has 0 bridgehead atoms. The molecule has 0 atom stereocenters. The summed E-state index contributed by atoms with van der Waals surface area (Å²) in [5, 5.41) is 8.68. The lowest BCUT2D eigenvalue weighted by molar-refractivity contribution is 1.19. The topological polar surface area (TPSA) is 17.8 Å². The van der Waals surface area contributed by atoms with Crippen LogP contribution in [0.1, 0.15) is 0 Å². The van der Waals surface area contributed by atoms with Gasteiger partial charge in [0.15, 0.2) is 0 Å². The van der Waals surface area contributed by atoms with Gasteiger partial charge in [0.25, 0.3) is 0 Å². The molecule has 0 amide bonds. The highest BCUT2D eigenvalue weighted by molar-refractivity contribution is 7.26. The number of fused-ring (bicyclic) bond motifs is 10. The van der Waals surface area contributed by atoms with E-state index in [2.05, 4.69) is 162 Å². The van der Waals surface area contributed by atoms with Gasteiger partial charge in [-0.1, -0.05) is 127 Å². The van der Waals surface area contributed by atoms with Crippen LogP contribution in [0, 0.1) is 0 Å². The van der Waals surface area contributed by atoms with Crippen LogP contribution in [0.15, 0.2) is 158 Å². The summed E-state index contributed by atoms with van der Waals surface area (Å²) in [6, 6.07) is 57.0. The van der Waals surface area contributed by atoms with Crippen molar-refractivity contribution in [2.75, 3.05) is 0 Å². The predicted molar refractivity (Wildman–Crippen MR) is 197 cm³/mol. The molecule has 0 radical (unpaired) electrons. The van der Waals surface area contributed by atoms with Crippen molar-refractivity contribution in [3.05, 3.63) is 158 Å². The summed E-state index contributed by atoms with van der Waals surface area (Å²) in [5.74, 6) is 0. The molecular weight excluding hydrogens is 577 g/mol. The van der Waals surface area contributed by atoms with Crippen LogP contribution in [-0.2, 0) is 0 Å². The van der Waals surface area contributed by atoms with E-state index in [0.29, 0.717) is 0 Å².